The lowest BCUT2D eigenvalue weighted by molar-refractivity contribution is 0.00695. The molecule has 0 saturated heterocycles. The molecule has 0 unspecified atom stereocenters. The summed E-state index contributed by atoms with van der Waals surface area (Å²) in [6.07, 6.45) is 0. The van der Waals surface area contributed by atoms with Gasteiger partial charge in [0.15, 0.2) is 0 Å². The van der Waals surface area contributed by atoms with E-state index in [-0.39, 0.29) is 5.60 Å². The van der Waals surface area contributed by atoms with E-state index >= 15 is 0 Å². The second-order valence-corrected chi connectivity index (χ2v) is 5.83. The fraction of sp³-hybridized carbons (Fsp3) is 0.538. The summed E-state index contributed by atoms with van der Waals surface area (Å²) in [4.78, 5) is 1.26. The van der Waals surface area contributed by atoms with Gasteiger partial charge in [-0.1, -0.05) is 12.1 Å². The van der Waals surface area contributed by atoms with E-state index in [1.165, 1.54) is 10.5 Å². The topological polar surface area (TPSA) is 35.2 Å². The van der Waals surface area contributed by atoms with Crippen molar-refractivity contribution >= 4 is 11.8 Å². The molecule has 0 fully saturated rings. The first kappa shape index (κ1) is 13.6. The van der Waals surface area contributed by atoms with Crippen LogP contribution in [0.3, 0.4) is 0 Å². The quantitative estimate of drug-likeness (QED) is 0.633. The van der Waals surface area contributed by atoms with E-state index in [4.69, 9.17) is 10.5 Å². The van der Waals surface area contributed by atoms with E-state index in [2.05, 4.69) is 45.0 Å². The van der Waals surface area contributed by atoms with Crippen LogP contribution in [-0.4, -0.2) is 18.0 Å². The van der Waals surface area contributed by atoms with Crippen LogP contribution < -0.4 is 5.73 Å². The fourth-order valence-electron chi connectivity index (χ4n) is 1.27. The Balaban J connectivity index is 2.32. The predicted molar refractivity (Wildman–Crippen MR) is 70.8 cm³/mol. The molecule has 0 aliphatic carbocycles. The Morgan fingerprint density at radius 2 is 2.06 bits per heavy atom. The van der Waals surface area contributed by atoms with Crippen LogP contribution in [0.5, 0.6) is 0 Å². The molecule has 3 heteroatoms. The van der Waals surface area contributed by atoms with E-state index < -0.39 is 0 Å². The third kappa shape index (κ3) is 5.54. The molecule has 1 aromatic carbocycles. The molecule has 0 aliphatic heterocycles. The molecule has 0 saturated carbocycles. The second-order valence-electron chi connectivity index (χ2n) is 4.66. The molecular weight excluding hydrogens is 218 g/mol. The van der Waals surface area contributed by atoms with Crippen molar-refractivity contribution in [2.24, 2.45) is 5.73 Å². The van der Waals surface area contributed by atoms with Crippen LogP contribution in [0.25, 0.3) is 0 Å². The van der Waals surface area contributed by atoms with Gasteiger partial charge in [-0.3, -0.25) is 0 Å². The summed E-state index contributed by atoms with van der Waals surface area (Å²) in [5.74, 6) is 0.977. The Hall–Kier alpha value is -0.510. The first-order valence-corrected chi connectivity index (χ1v) is 6.55. The molecular formula is C13H21NOS. The summed E-state index contributed by atoms with van der Waals surface area (Å²) < 4.78 is 5.66. The second kappa shape index (κ2) is 6.28. The lowest BCUT2D eigenvalue weighted by Crippen LogP contribution is -2.20. The monoisotopic (exact) mass is 239 g/mol. The van der Waals surface area contributed by atoms with E-state index in [9.17, 15) is 0 Å². The third-order valence-electron chi connectivity index (χ3n) is 2.02. The molecule has 0 atom stereocenters. The van der Waals surface area contributed by atoms with Gasteiger partial charge in [0.05, 0.1) is 12.2 Å². The highest BCUT2D eigenvalue weighted by molar-refractivity contribution is 7.99. The molecule has 0 radical (unpaired) electrons. The number of thioether (sulfide) groups is 1. The van der Waals surface area contributed by atoms with Crippen molar-refractivity contribution in [3.05, 3.63) is 29.8 Å². The molecule has 1 rings (SSSR count). The van der Waals surface area contributed by atoms with Gasteiger partial charge in [-0.15, -0.1) is 11.8 Å². The summed E-state index contributed by atoms with van der Waals surface area (Å²) in [5, 5.41) is 0. The highest BCUT2D eigenvalue weighted by Gasteiger charge is 2.09. The van der Waals surface area contributed by atoms with Gasteiger partial charge in [-0.05, 0) is 38.5 Å². The molecule has 0 amide bonds. The van der Waals surface area contributed by atoms with Crippen LogP contribution >= 0.6 is 11.8 Å². The predicted octanol–water partition coefficient (Wildman–Crippen LogP) is 3.05. The number of benzene rings is 1. The normalized spacial score (nSPS) is 11.8. The zero-order valence-electron chi connectivity index (χ0n) is 10.3. The van der Waals surface area contributed by atoms with E-state index in [0.29, 0.717) is 6.54 Å². The third-order valence-corrected chi connectivity index (χ3v) is 2.98. The Morgan fingerprint density at radius 1 is 1.31 bits per heavy atom. The summed E-state index contributed by atoms with van der Waals surface area (Å²) in [6, 6.07) is 8.35. The number of hydrogen-bond donors (Lipinski definition) is 1. The number of ether oxygens (including phenoxy) is 1. The van der Waals surface area contributed by atoms with Crippen LogP contribution in [0, 0.1) is 0 Å². The largest absolute Gasteiger partial charge is 0.375 e. The van der Waals surface area contributed by atoms with Crippen molar-refractivity contribution in [1.29, 1.82) is 0 Å². The van der Waals surface area contributed by atoms with Gasteiger partial charge in [0.1, 0.15) is 0 Å². The molecule has 2 nitrogen and oxygen atoms in total. The van der Waals surface area contributed by atoms with Gasteiger partial charge in [-0.25, -0.2) is 0 Å². The van der Waals surface area contributed by atoms with Crippen LogP contribution in [0.2, 0.25) is 0 Å². The Morgan fingerprint density at radius 3 is 2.69 bits per heavy atom. The Kier molecular flexibility index (Phi) is 5.32. The maximum Gasteiger partial charge on any atom is 0.0598 e. The molecule has 90 valence electrons. The molecule has 1 aromatic rings. The molecule has 0 aromatic heterocycles. The van der Waals surface area contributed by atoms with Gasteiger partial charge in [0.25, 0.3) is 0 Å². The Bertz CT molecular complexity index is 320. The first-order valence-electron chi connectivity index (χ1n) is 5.57. The SMILES string of the molecule is CC(C)(C)OCCSc1cccc(CN)c1. The highest BCUT2D eigenvalue weighted by atomic mass is 32.2. The number of hydrogen-bond acceptors (Lipinski definition) is 3. The minimum atomic E-state index is -0.0420. The zero-order valence-corrected chi connectivity index (χ0v) is 11.1. The first-order chi connectivity index (χ1) is 7.51. The number of rotatable bonds is 5. The van der Waals surface area contributed by atoms with Crippen molar-refractivity contribution in [2.75, 3.05) is 12.4 Å². The van der Waals surface area contributed by atoms with Crippen molar-refractivity contribution < 1.29 is 4.74 Å². The highest BCUT2D eigenvalue weighted by Crippen LogP contribution is 2.19. The molecule has 0 aliphatic rings. The molecule has 16 heavy (non-hydrogen) atoms. The minimum absolute atomic E-state index is 0.0420. The van der Waals surface area contributed by atoms with Crippen LogP contribution in [0.1, 0.15) is 26.3 Å². The van der Waals surface area contributed by atoms with Crippen LogP contribution in [-0.2, 0) is 11.3 Å². The van der Waals surface area contributed by atoms with Gasteiger partial charge in [-0.2, -0.15) is 0 Å². The smallest absolute Gasteiger partial charge is 0.0598 e. The Labute approximate surface area is 103 Å². The maximum absolute atomic E-state index is 5.66. The van der Waals surface area contributed by atoms with Gasteiger partial charge >= 0.3 is 0 Å². The molecule has 0 heterocycles. The average molecular weight is 239 g/mol. The summed E-state index contributed by atoms with van der Waals surface area (Å²) >= 11 is 1.81. The minimum Gasteiger partial charge on any atom is -0.375 e. The van der Waals surface area contributed by atoms with Gasteiger partial charge < -0.3 is 10.5 Å². The molecule has 0 spiro atoms. The number of nitrogens with two attached hydrogens (primary N) is 1. The van der Waals surface area contributed by atoms with Crippen molar-refractivity contribution in [2.45, 2.75) is 37.8 Å². The molecule has 2 N–H and O–H groups in total. The summed E-state index contributed by atoms with van der Waals surface area (Å²) in [5.41, 5.74) is 6.74. The zero-order chi connectivity index (χ0) is 12.0. The summed E-state index contributed by atoms with van der Waals surface area (Å²) in [6.45, 7) is 7.61. The van der Waals surface area contributed by atoms with Crippen molar-refractivity contribution in [3.63, 3.8) is 0 Å². The van der Waals surface area contributed by atoms with E-state index in [0.717, 1.165) is 12.4 Å². The van der Waals surface area contributed by atoms with Gasteiger partial charge in [0, 0.05) is 17.2 Å². The molecule has 0 bridgehead atoms. The van der Waals surface area contributed by atoms with E-state index in [1.54, 1.807) is 0 Å². The standard InChI is InChI=1S/C13H21NOS/c1-13(2,3)15-7-8-16-12-6-4-5-11(9-12)10-14/h4-6,9H,7-8,10,14H2,1-3H3. The fourth-order valence-corrected chi connectivity index (χ4v) is 2.08. The van der Waals surface area contributed by atoms with E-state index in [1.807, 2.05) is 11.8 Å². The van der Waals surface area contributed by atoms with Crippen LogP contribution in [0.4, 0.5) is 0 Å². The lowest BCUT2D eigenvalue weighted by Gasteiger charge is -2.19. The van der Waals surface area contributed by atoms with Crippen LogP contribution in [0.15, 0.2) is 29.2 Å². The van der Waals surface area contributed by atoms with Crippen molar-refractivity contribution in [3.8, 4) is 0 Å². The lowest BCUT2D eigenvalue weighted by atomic mass is 10.2. The average Bonchev–Trinajstić information content (AvgIpc) is 2.23. The van der Waals surface area contributed by atoms with Gasteiger partial charge in [0.2, 0.25) is 0 Å². The summed E-state index contributed by atoms with van der Waals surface area (Å²) in [7, 11) is 0. The maximum atomic E-state index is 5.66. The van der Waals surface area contributed by atoms with Crippen molar-refractivity contribution in [1.82, 2.24) is 0 Å².